The van der Waals surface area contributed by atoms with Crippen LogP contribution < -0.4 is 14.8 Å². The van der Waals surface area contributed by atoms with Crippen molar-refractivity contribution in [2.75, 3.05) is 25.6 Å². The fraction of sp³-hybridized carbons (Fsp3) is 0.278. The lowest BCUT2D eigenvalue weighted by molar-refractivity contribution is -0.118. The molecule has 0 spiro atoms. The molecule has 0 heterocycles. The predicted molar refractivity (Wildman–Crippen MR) is 111 cm³/mol. The van der Waals surface area contributed by atoms with Crippen LogP contribution in [-0.4, -0.2) is 40.7 Å². The summed E-state index contributed by atoms with van der Waals surface area (Å²) in [6, 6.07) is 10.4. The van der Waals surface area contributed by atoms with Gasteiger partial charge in [0.2, 0.25) is 10.0 Å². The fourth-order valence-electron chi connectivity index (χ4n) is 2.27. The topological polar surface area (TPSA) is 93.7 Å². The Morgan fingerprint density at radius 3 is 2.50 bits per heavy atom. The van der Waals surface area contributed by atoms with E-state index in [-0.39, 0.29) is 30.1 Å². The number of benzene rings is 2. The number of hydrogen-bond donors (Lipinski definition) is 2. The van der Waals surface area contributed by atoms with Gasteiger partial charge in [-0.05, 0) is 65.3 Å². The van der Waals surface area contributed by atoms with Gasteiger partial charge in [-0.25, -0.2) is 13.1 Å². The number of sulfonamides is 1. The van der Waals surface area contributed by atoms with Crippen LogP contribution in [0.25, 0.3) is 0 Å². The van der Waals surface area contributed by atoms with Gasteiger partial charge in [-0.1, -0.05) is 11.6 Å². The van der Waals surface area contributed by atoms with E-state index in [1.165, 1.54) is 31.4 Å². The highest BCUT2D eigenvalue weighted by atomic mass is 79.9. The second kappa shape index (κ2) is 10.2. The molecule has 10 heteroatoms. The molecule has 0 aliphatic carbocycles. The van der Waals surface area contributed by atoms with Crippen LogP contribution in [0.3, 0.4) is 0 Å². The van der Waals surface area contributed by atoms with E-state index in [9.17, 15) is 13.2 Å². The summed E-state index contributed by atoms with van der Waals surface area (Å²) in [7, 11) is -2.17. The minimum absolute atomic E-state index is 0.0924. The molecule has 1 amide bonds. The molecule has 0 aliphatic heterocycles. The summed E-state index contributed by atoms with van der Waals surface area (Å²) in [5.41, 5.74) is 0.452. The second-order valence-electron chi connectivity index (χ2n) is 5.91. The Morgan fingerprint density at radius 2 is 1.89 bits per heavy atom. The first-order chi connectivity index (χ1) is 13.2. The Hall–Kier alpha value is -1.65. The third-order valence-electron chi connectivity index (χ3n) is 3.47. The van der Waals surface area contributed by atoms with Crippen molar-refractivity contribution >= 4 is 49.1 Å². The van der Waals surface area contributed by atoms with Crippen LogP contribution in [0.5, 0.6) is 5.75 Å². The van der Waals surface area contributed by atoms with Crippen molar-refractivity contribution in [3.8, 4) is 5.75 Å². The number of nitrogens with one attached hydrogen (secondary N) is 2. The molecule has 2 aromatic carbocycles. The third-order valence-corrected chi connectivity index (χ3v) is 5.93. The lowest BCUT2D eigenvalue weighted by Crippen LogP contribution is -2.35. The van der Waals surface area contributed by atoms with Crippen molar-refractivity contribution in [2.24, 2.45) is 0 Å². The predicted octanol–water partition coefficient (Wildman–Crippen LogP) is 3.43. The summed E-state index contributed by atoms with van der Waals surface area (Å²) in [5.74, 6) is 0.0987. The van der Waals surface area contributed by atoms with Crippen LogP contribution in [0.15, 0.2) is 51.8 Å². The summed E-state index contributed by atoms with van der Waals surface area (Å²) in [4.78, 5) is 12.1. The SMILES string of the molecule is COCC(C)NS(=O)(=O)c1ccc(NC(=O)COc2ccc(Cl)cc2Br)cc1. The van der Waals surface area contributed by atoms with E-state index in [0.29, 0.717) is 20.9 Å². The fourth-order valence-corrected chi connectivity index (χ4v) is 4.29. The maximum atomic E-state index is 12.3. The smallest absolute Gasteiger partial charge is 0.262 e. The second-order valence-corrected chi connectivity index (χ2v) is 8.92. The molecule has 0 aromatic heterocycles. The quantitative estimate of drug-likeness (QED) is 0.560. The van der Waals surface area contributed by atoms with Gasteiger partial charge in [-0.2, -0.15) is 0 Å². The molecular formula is C18H20BrClN2O5S. The zero-order chi connectivity index (χ0) is 20.7. The van der Waals surface area contributed by atoms with Gasteiger partial charge in [0, 0.05) is 23.9 Å². The van der Waals surface area contributed by atoms with E-state index in [1.54, 1.807) is 25.1 Å². The first kappa shape index (κ1) is 22.6. The highest BCUT2D eigenvalue weighted by molar-refractivity contribution is 9.10. The van der Waals surface area contributed by atoms with Crippen LogP contribution in [0.4, 0.5) is 5.69 Å². The van der Waals surface area contributed by atoms with E-state index in [1.807, 2.05) is 0 Å². The van der Waals surface area contributed by atoms with Crippen molar-refractivity contribution in [1.29, 1.82) is 0 Å². The number of hydrogen-bond acceptors (Lipinski definition) is 5. The molecule has 2 N–H and O–H groups in total. The summed E-state index contributed by atoms with van der Waals surface area (Å²) in [6.45, 7) is 1.75. The molecule has 152 valence electrons. The lowest BCUT2D eigenvalue weighted by atomic mass is 10.3. The van der Waals surface area contributed by atoms with Gasteiger partial charge >= 0.3 is 0 Å². The van der Waals surface area contributed by atoms with Gasteiger partial charge in [0.1, 0.15) is 5.75 Å². The van der Waals surface area contributed by atoms with Crippen molar-refractivity contribution in [3.05, 3.63) is 52.0 Å². The van der Waals surface area contributed by atoms with Gasteiger partial charge in [0.15, 0.2) is 6.61 Å². The van der Waals surface area contributed by atoms with Crippen LogP contribution in [0, 0.1) is 0 Å². The van der Waals surface area contributed by atoms with Crippen molar-refractivity contribution in [2.45, 2.75) is 17.9 Å². The van der Waals surface area contributed by atoms with Gasteiger partial charge in [0.05, 0.1) is 16.0 Å². The zero-order valence-corrected chi connectivity index (χ0v) is 18.4. The molecule has 0 saturated carbocycles. The number of amides is 1. The Bertz CT molecular complexity index is 922. The molecule has 1 atom stereocenters. The highest BCUT2D eigenvalue weighted by Crippen LogP contribution is 2.27. The van der Waals surface area contributed by atoms with Crippen molar-refractivity contribution in [1.82, 2.24) is 4.72 Å². The Kier molecular flexibility index (Phi) is 8.26. The molecule has 1 unspecified atom stereocenters. The standard InChI is InChI=1S/C18H20BrClN2O5S/c1-12(10-26-2)22-28(24,25)15-6-4-14(5-7-15)21-18(23)11-27-17-8-3-13(20)9-16(17)19/h3-9,12,22H,10-11H2,1-2H3,(H,21,23). The Labute approximate surface area is 177 Å². The molecular weight excluding hydrogens is 472 g/mol. The van der Waals surface area contributed by atoms with Crippen LogP contribution in [-0.2, 0) is 19.6 Å². The molecule has 0 saturated heterocycles. The van der Waals surface area contributed by atoms with Crippen LogP contribution >= 0.6 is 27.5 Å². The summed E-state index contributed by atoms with van der Waals surface area (Å²) >= 11 is 9.16. The molecule has 0 bridgehead atoms. The molecule has 2 rings (SSSR count). The molecule has 0 aliphatic rings. The Balaban J connectivity index is 1.93. The van der Waals surface area contributed by atoms with Gasteiger partial charge in [0.25, 0.3) is 5.91 Å². The average Bonchev–Trinajstić information content (AvgIpc) is 2.61. The maximum Gasteiger partial charge on any atom is 0.262 e. The normalized spacial score (nSPS) is 12.4. The monoisotopic (exact) mass is 490 g/mol. The Morgan fingerprint density at radius 1 is 1.21 bits per heavy atom. The summed E-state index contributed by atoms with van der Waals surface area (Å²) in [6.07, 6.45) is 0. The number of carbonyl (C=O) groups is 1. The van der Waals surface area contributed by atoms with E-state index in [0.717, 1.165) is 0 Å². The largest absolute Gasteiger partial charge is 0.483 e. The lowest BCUT2D eigenvalue weighted by Gasteiger charge is -2.13. The number of methoxy groups -OCH3 is 1. The van der Waals surface area contributed by atoms with Gasteiger partial charge in [-0.15, -0.1) is 0 Å². The molecule has 28 heavy (non-hydrogen) atoms. The van der Waals surface area contributed by atoms with E-state index < -0.39 is 10.0 Å². The minimum Gasteiger partial charge on any atom is -0.483 e. The van der Waals surface area contributed by atoms with Gasteiger partial charge in [-0.3, -0.25) is 4.79 Å². The summed E-state index contributed by atoms with van der Waals surface area (Å²) in [5, 5.41) is 3.19. The number of rotatable bonds is 9. The van der Waals surface area contributed by atoms with E-state index in [4.69, 9.17) is 21.1 Å². The zero-order valence-electron chi connectivity index (χ0n) is 15.2. The average molecular weight is 492 g/mol. The molecule has 2 aromatic rings. The molecule has 0 radical (unpaired) electrons. The molecule has 0 fully saturated rings. The highest BCUT2D eigenvalue weighted by Gasteiger charge is 2.17. The first-order valence-corrected chi connectivity index (χ1v) is 10.9. The van der Waals surface area contributed by atoms with Crippen molar-refractivity contribution in [3.63, 3.8) is 0 Å². The van der Waals surface area contributed by atoms with E-state index in [2.05, 4.69) is 26.0 Å². The number of ether oxygens (including phenoxy) is 2. The first-order valence-electron chi connectivity index (χ1n) is 8.20. The van der Waals surface area contributed by atoms with Gasteiger partial charge < -0.3 is 14.8 Å². The van der Waals surface area contributed by atoms with E-state index >= 15 is 0 Å². The third kappa shape index (κ3) is 6.75. The molecule has 7 nitrogen and oxygen atoms in total. The summed E-state index contributed by atoms with van der Waals surface area (Å²) < 4.78 is 38.1. The number of halogens is 2. The van der Waals surface area contributed by atoms with Crippen molar-refractivity contribution < 1.29 is 22.7 Å². The van der Waals surface area contributed by atoms with Crippen LogP contribution in [0.1, 0.15) is 6.92 Å². The minimum atomic E-state index is -3.66. The van der Waals surface area contributed by atoms with Crippen LogP contribution in [0.2, 0.25) is 5.02 Å². The number of carbonyl (C=O) groups excluding carboxylic acids is 1. The number of anilines is 1. The maximum absolute atomic E-state index is 12.3.